The summed E-state index contributed by atoms with van der Waals surface area (Å²) in [5.74, 6) is 1.52. The van der Waals surface area contributed by atoms with E-state index >= 15 is 0 Å². The first-order chi connectivity index (χ1) is 10.4. The summed E-state index contributed by atoms with van der Waals surface area (Å²) in [5, 5.41) is 20.5. The number of aliphatic hydroxyl groups excluding tert-OH is 2. The summed E-state index contributed by atoms with van der Waals surface area (Å²) >= 11 is 0. The predicted octanol–water partition coefficient (Wildman–Crippen LogP) is 3.61. The van der Waals surface area contributed by atoms with Crippen molar-refractivity contribution in [1.82, 2.24) is 0 Å². The van der Waals surface area contributed by atoms with Crippen LogP contribution in [-0.2, 0) is 0 Å². The molecule has 0 radical (unpaired) electrons. The Bertz CT molecular complexity index is 587. The molecule has 1 unspecified atom stereocenters. The van der Waals surface area contributed by atoms with Crippen molar-refractivity contribution in [3.8, 4) is 0 Å². The van der Waals surface area contributed by atoms with E-state index in [1.165, 1.54) is 0 Å². The SMILES string of the molecule is C[C@H]1CC2C[C@@H](O)C=C[C@]2(C)C2=C1[C@@H]1C=C[C@H](O)[C@@]1(C)CC2. The first-order valence-electron chi connectivity index (χ1n) is 8.83. The van der Waals surface area contributed by atoms with Crippen molar-refractivity contribution in [2.45, 2.75) is 58.7 Å². The van der Waals surface area contributed by atoms with Crippen molar-refractivity contribution in [3.63, 3.8) is 0 Å². The molecule has 0 aromatic carbocycles. The molecule has 4 aliphatic rings. The lowest BCUT2D eigenvalue weighted by atomic mass is 9.51. The molecule has 4 rings (SSSR count). The topological polar surface area (TPSA) is 40.5 Å². The van der Waals surface area contributed by atoms with Gasteiger partial charge in [0.15, 0.2) is 0 Å². The zero-order valence-electron chi connectivity index (χ0n) is 13.9. The number of aliphatic hydroxyl groups is 2. The van der Waals surface area contributed by atoms with E-state index in [9.17, 15) is 10.2 Å². The second kappa shape index (κ2) is 4.58. The van der Waals surface area contributed by atoms with E-state index in [4.69, 9.17) is 0 Å². The van der Waals surface area contributed by atoms with Crippen LogP contribution in [0.3, 0.4) is 0 Å². The number of fused-ring (bicyclic) bond motifs is 4. The Hall–Kier alpha value is -0.860. The van der Waals surface area contributed by atoms with Crippen LogP contribution in [0.5, 0.6) is 0 Å². The largest absolute Gasteiger partial charge is 0.389 e. The molecule has 2 N–H and O–H groups in total. The van der Waals surface area contributed by atoms with Gasteiger partial charge in [-0.25, -0.2) is 0 Å². The number of rotatable bonds is 0. The summed E-state index contributed by atoms with van der Waals surface area (Å²) in [6.07, 6.45) is 12.2. The Kier molecular flexibility index (Phi) is 3.06. The van der Waals surface area contributed by atoms with Gasteiger partial charge in [0.1, 0.15) is 0 Å². The van der Waals surface area contributed by atoms with Crippen molar-refractivity contribution in [3.05, 3.63) is 35.5 Å². The van der Waals surface area contributed by atoms with Crippen LogP contribution in [0.15, 0.2) is 35.5 Å². The second-order valence-corrected chi connectivity index (χ2v) is 8.53. The molecule has 22 heavy (non-hydrogen) atoms. The summed E-state index contributed by atoms with van der Waals surface area (Å²) in [4.78, 5) is 0. The number of hydrogen-bond donors (Lipinski definition) is 2. The second-order valence-electron chi connectivity index (χ2n) is 8.53. The highest BCUT2D eigenvalue weighted by Gasteiger charge is 2.54. The standard InChI is InChI=1S/C20H28O2/c1-12-10-13-11-14(21)6-8-19(13,2)16-7-9-20(3)15(18(12)16)4-5-17(20)22/h4-6,8,12-15,17,21-22H,7,9-11H2,1-3H3/t12-,13?,14-,15-,17-,19-,20-/m0/s1. The summed E-state index contributed by atoms with van der Waals surface area (Å²) in [7, 11) is 0. The molecule has 120 valence electrons. The van der Waals surface area contributed by atoms with Crippen LogP contribution >= 0.6 is 0 Å². The van der Waals surface area contributed by atoms with Crippen molar-refractivity contribution in [2.75, 3.05) is 0 Å². The summed E-state index contributed by atoms with van der Waals surface area (Å²) in [5.41, 5.74) is 3.32. The lowest BCUT2D eigenvalue weighted by Gasteiger charge is -2.54. The molecule has 0 heterocycles. The predicted molar refractivity (Wildman–Crippen MR) is 88.1 cm³/mol. The van der Waals surface area contributed by atoms with Crippen molar-refractivity contribution >= 4 is 0 Å². The van der Waals surface area contributed by atoms with Gasteiger partial charge in [-0.15, -0.1) is 0 Å². The third-order valence-electron chi connectivity index (χ3n) is 7.33. The lowest BCUT2D eigenvalue weighted by Crippen LogP contribution is -2.46. The minimum absolute atomic E-state index is 0.00577. The Morgan fingerprint density at radius 3 is 2.64 bits per heavy atom. The van der Waals surface area contributed by atoms with E-state index in [1.54, 1.807) is 11.1 Å². The van der Waals surface area contributed by atoms with Crippen LogP contribution in [0.2, 0.25) is 0 Å². The summed E-state index contributed by atoms with van der Waals surface area (Å²) in [6, 6.07) is 0. The minimum atomic E-state index is -0.298. The average Bonchev–Trinajstić information content (AvgIpc) is 2.77. The van der Waals surface area contributed by atoms with Crippen LogP contribution in [0.4, 0.5) is 0 Å². The van der Waals surface area contributed by atoms with Gasteiger partial charge in [0.05, 0.1) is 12.2 Å². The van der Waals surface area contributed by atoms with E-state index < -0.39 is 0 Å². The fourth-order valence-electron chi connectivity index (χ4n) is 5.82. The molecular weight excluding hydrogens is 272 g/mol. The molecule has 0 saturated carbocycles. The van der Waals surface area contributed by atoms with Crippen LogP contribution in [-0.4, -0.2) is 22.4 Å². The fourth-order valence-corrected chi connectivity index (χ4v) is 5.82. The molecule has 0 saturated heterocycles. The molecule has 4 aliphatic carbocycles. The van der Waals surface area contributed by atoms with E-state index in [1.807, 2.05) is 12.2 Å². The molecule has 0 aromatic rings. The Balaban J connectivity index is 1.84. The van der Waals surface area contributed by atoms with Gasteiger partial charge < -0.3 is 10.2 Å². The molecule has 0 aromatic heterocycles. The quantitative estimate of drug-likeness (QED) is 0.671. The van der Waals surface area contributed by atoms with Gasteiger partial charge in [0.2, 0.25) is 0 Å². The highest BCUT2D eigenvalue weighted by Crippen LogP contribution is 2.62. The normalized spacial score (nSPS) is 53.2. The van der Waals surface area contributed by atoms with Gasteiger partial charge in [0.25, 0.3) is 0 Å². The summed E-state index contributed by atoms with van der Waals surface area (Å²) in [6.45, 7) is 6.98. The first kappa shape index (κ1) is 14.7. The van der Waals surface area contributed by atoms with Gasteiger partial charge >= 0.3 is 0 Å². The van der Waals surface area contributed by atoms with Crippen molar-refractivity contribution < 1.29 is 10.2 Å². The van der Waals surface area contributed by atoms with E-state index in [-0.39, 0.29) is 23.0 Å². The van der Waals surface area contributed by atoms with Gasteiger partial charge in [-0.1, -0.05) is 56.2 Å². The highest BCUT2D eigenvalue weighted by molar-refractivity contribution is 5.42. The van der Waals surface area contributed by atoms with Gasteiger partial charge in [-0.3, -0.25) is 0 Å². The molecular formula is C20H28O2. The maximum Gasteiger partial charge on any atom is 0.0783 e. The molecule has 0 aliphatic heterocycles. The summed E-state index contributed by atoms with van der Waals surface area (Å²) < 4.78 is 0. The van der Waals surface area contributed by atoms with Gasteiger partial charge in [-0.05, 0) is 37.5 Å². The maximum absolute atomic E-state index is 10.4. The monoisotopic (exact) mass is 300 g/mol. The van der Waals surface area contributed by atoms with Crippen molar-refractivity contribution in [1.29, 1.82) is 0 Å². The van der Waals surface area contributed by atoms with Crippen LogP contribution in [0.1, 0.15) is 46.5 Å². The Morgan fingerprint density at radius 1 is 1.09 bits per heavy atom. The molecule has 7 atom stereocenters. The molecule has 0 spiro atoms. The number of hydrogen-bond acceptors (Lipinski definition) is 2. The third-order valence-corrected chi connectivity index (χ3v) is 7.33. The van der Waals surface area contributed by atoms with E-state index in [2.05, 4.69) is 32.9 Å². The fraction of sp³-hybridized carbons (Fsp3) is 0.700. The Labute approximate surface area is 133 Å². The molecule has 2 heteroatoms. The highest BCUT2D eigenvalue weighted by atomic mass is 16.3. The Morgan fingerprint density at radius 2 is 1.86 bits per heavy atom. The smallest absolute Gasteiger partial charge is 0.0783 e. The zero-order valence-corrected chi connectivity index (χ0v) is 13.9. The zero-order chi connectivity index (χ0) is 15.7. The minimum Gasteiger partial charge on any atom is -0.389 e. The molecule has 2 nitrogen and oxygen atoms in total. The molecule has 0 fully saturated rings. The lowest BCUT2D eigenvalue weighted by molar-refractivity contribution is 0.0356. The van der Waals surface area contributed by atoms with Crippen LogP contribution in [0.25, 0.3) is 0 Å². The van der Waals surface area contributed by atoms with Crippen molar-refractivity contribution in [2.24, 2.45) is 28.6 Å². The first-order valence-corrected chi connectivity index (χ1v) is 8.83. The average molecular weight is 300 g/mol. The maximum atomic E-state index is 10.4. The van der Waals surface area contributed by atoms with Crippen LogP contribution < -0.4 is 0 Å². The van der Waals surface area contributed by atoms with E-state index in [0.29, 0.717) is 17.8 Å². The molecule has 0 amide bonds. The van der Waals surface area contributed by atoms with E-state index in [0.717, 1.165) is 25.7 Å². The molecule has 0 bridgehead atoms. The number of allylic oxidation sites excluding steroid dienone is 4. The van der Waals surface area contributed by atoms with Gasteiger partial charge in [-0.2, -0.15) is 0 Å². The van der Waals surface area contributed by atoms with Crippen LogP contribution in [0, 0.1) is 28.6 Å². The third kappa shape index (κ3) is 1.74. The van der Waals surface area contributed by atoms with Gasteiger partial charge in [0, 0.05) is 16.7 Å².